The van der Waals surface area contributed by atoms with Crippen LogP contribution in [0.4, 0.5) is 0 Å². The maximum atomic E-state index is 12.6. The van der Waals surface area contributed by atoms with E-state index in [-0.39, 0.29) is 18.1 Å². The fourth-order valence-electron chi connectivity index (χ4n) is 2.76. The Hall–Kier alpha value is -1.40. The summed E-state index contributed by atoms with van der Waals surface area (Å²) in [5, 5.41) is 3.29. The minimum absolute atomic E-state index is 0.121. The van der Waals surface area contributed by atoms with E-state index in [1.54, 1.807) is 6.33 Å². The number of hydrogen-bond donors (Lipinski definition) is 2. The molecule has 2 N–H and O–H groups in total. The van der Waals surface area contributed by atoms with Crippen molar-refractivity contribution in [2.24, 2.45) is 0 Å². The molecule has 1 amide bonds. The number of rotatable bonds is 1. The summed E-state index contributed by atoms with van der Waals surface area (Å²) in [7, 11) is 0. The van der Waals surface area contributed by atoms with E-state index in [2.05, 4.69) is 15.3 Å². The van der Waals surface area contributed by atoms with E-state index in [4.69, 9.17) is 4.74 Å². The molecule has 0 spiro atoms. The highest BCUT2D eigenvalue weighted by molar-refractivity contribution is 5.82. The van der Waals surface area contributed by atoms with Crippen molar-refractivity contribution >= 4 is 5.91 Å². The maximum Gasteiger partial charge on any atom is 0.240 e. The van der Waals surface area contributed by atoms with Gasteiger partial charge in [-0.15, -0.1) is 0 Å². The highest BCUT2D eigenvalue weighted by Crippen LogP contribution is 2.15. The highest BCUT2D eigenvalue weighted by atomic mass is 16.5. The molecule has 104 valence electrons. The third-order valence-corrected chi connectivity index (χ3v) is 3.79. The Morgan fingerprint density at radius 2 is 2.47 bits per heavy atom. The fourth-order valence-corrected chi connectivity index (χ4v) is 2.76. The summed E-state index contributed by atoms with van der Waals surface area (Å²) in [4.78, 5) is 21.8. The lowest BCUT2D eigenvalue weighted by molar-refractivity contribution is -0.134. The molecule has 1 aromatic heterocycles. The molecule has 0 radical (unpaired) electrons. The molecule has 1 saturated heterocycles. The number of aromatic amines is 1. The summed E-state index contributed by atoms with van der Waals surface area (Å²) in [6, 6.07) is -0.152. The second-order valence-corrected chi connectivity index (χ2v) is 5.28. The van der Waals surface area contributed by atoms with Gasteiger partial charge < -0.3 is 14.6 Å². The van der Waals surface area contributed by atoms with Gasteiger partial charge in [0.05, 0.1) is 29.9 Å². The van der Waals surface area contributed by atoms with Gasteiger partial charge in [-0.25, -0.2) is 4.98 Å². The molecule has 6 nitrogen and oxygen atoms in total. The molecule has 1 aromatic rings. The van der Waals surface area contributed by atoms with E-state index >= 15 is 0 Å². The van der Waals surface area contributed by atoms with Crippen LogP contribution >= 0.6 is 0 Å². The molecule has 2 atom stereocenters. The summed E-state index contributed by atoms with van der Waals surface area (Å²) in [6.45, 7) is 4.92. The van der Waals surface area contributed by atoms with Gasteiger partial charge in [-0.05, 0) is 13.3 Å². The van der Waals surface area contributed by atoms with Gasteiger partial charge in [0.15, 0.2) is 0 Å². The predicted octanol–water partition coefficient (Wildman–Crippen LogP) is 0.0614. The Morgan fingerprint density at radius 1 is 1.58 bits per heavy atom. The van der Waals surface area contributed by atoms with Crippen molar-refractivity contribution in [1.82, 2.24) is 20.2 Å². The molecule has 0 bridgehead atoms. The molecule has 3 heterocycles. The largest absolute Gasteiger partial charge is 0.377 e. The third-order valence-electron chi connectivity index (χ3n) is 3.79. The van der Waals surface area contributed by atoms with E-state index in [1.807, 2.05) is 11.8 Å². The number of carbonyl (C=O) groups excluding carboxylic acids is 1. The molecule has 2 unspecified atom stereocenters. The highest BCUT2D eigenvalue weighted by Gasteiger charge is 2.30. The van der Waals surface area contributed by atoms with E-state index in [9.17, 15) is 4.79 Å². The van der Waals surface area contributed by atoms with E-state index in [0.29, 0.717) is 19.5 Å². The van der Waals surface area contributed by atoms with Gasteiger partial charge in [0.2, 0.25) is 5.91 Å². The van der Waals surface area contributed by atoms with Gasteiger partial charge in [0.1, 0.15) is 0 Å². The standard InChI is InChI=1S/C13H20N4O2/c1-9-7-17(3-2-4-19-9)13(18)11-5-10-12(6-14-11)16-8-15-10/h8-9,11,14H,2-7H2,1H3,(H,15,16). The topological polar surface area (TPSA) is 70.2 Å². The van der Waals surface area contributed by atoms with Crippen molar-refractivity contribution in [3.8, 4) is 0 Å². The molecular weight excluding hydrogens is 244 g/mol. The van der Waals surface area contributed by atoms with Crippen LogP contribution in [0.2, 0.25) is 0 Å². The second kappa shape index (κ2) is 5.30. The Balaban J connectivity index is 1.67. The van der Waals surface area contributed by atoms with E-state index in [1.165, 1.54) is 0 Å². The summed E-state index contributed by atoms with van der Waals surface area (Å²) >= 11 is 0. The predicted molar refractivity (Wildman–Crippen MR) is 69.5 cm³/mol. The van der Waals surface area contributed by atoms with Crippen LogP contribution in [0.5, 0.6) is 0 Å². The Morgan fingerprint density at radius 3 is 3.37 bits per heavy atom. The van der Waals surface area contributed by atoms with Crippen LogP contribution in [0.15, 0.2) is 6.33 Å². The SMILES string of the molecule is CC1CN(C(=O)C2Cc3nc[nH]c3CN2)CCCO1. The molecular formula is C13H20N4O2. The van der Waals surface area contributed by atoms with Crippen molar-refractivity contribution < 1.29 is 9.53 Å². The first-order valence-electron chi connectivity index (χ1n) is 6.89. The molecule has 0 aliphatic carbocycles. The average molecular weight is 264 g/mol. The first-order chi connectivity index (χ1) is 9.24. The lowest BCUT2D eigenvalue weighted by atomic mass is 10.0. The molecule has 1 fully saturated rings. The summed E-state index contributed by atoms with van der Waals surface area (Å²) in [6.07, 6.45) is 3.40. The van der Waals surface area contributed by atoms with E-state index in [0.717, 1.165) is 31.0 Å². The molecule has 19 heavy (non-hydrogen) atoms. The molecule has 2 aliphatic heterocycles. The van der Waals surface area contributed by atoms with Gasteiger partial charge in [0.25, 0.3) is 0 Å². The number of H-pyrrole nitrogens is 1. The van der Waals surface area contributed by atoms with E-state index < -0.39 is 0 Å². The first kappa shape index (κ1) is 12.6. The average Bonchev–Trinajstić information content (AvgIpc) is 2.78. The molecule has 2 aliphatic rings. The van der Waals surface area contributed by atoms with Crippen molar-refractivity contribution in [1.29, 1.82) is 0 Å². The van der Waals surface area contributed by atoms with Gasteiger partial charge >= 0.3 is 0 Å². The summed E-state index contributed by atoms with van der Waals surface area (Å²) in [5.74, 6) is 0.172. The number of carbonyl (C=O) groups is 1. The van der Waals surface area contributed by atoms with Gasteiger partial charge in [0, 0.05) is 32.7 Å². The minimum Gasteiger partial charge on any atom is -0.377 e. The van der Waals surface area contributed by atoms with Crippen LogP contribution < -0.4 is 5.32 Å². The van der Waals surface area contributed by atoms with Crippen molar-refractivity contribution in [3.05, 3.63) is 17.7 Å². The van der Waals surface area contributed by atoms with Crippen LogP contribution in [0.25, 0.3) is 0 Å². The monoisotopic (exact) mass is 264 g/mol. The fraction of sp³-hybridized carbons (Fsp3) is 0.692. The zero-order chi connectivity index (χ0) is 13.2. The summed E-state index contributed by atoms with van der Waals surface area (Å²) in [5.41, 5.74) is 2.10. The quantitative estimate of drug-likeness (QED) is 0.752. The Labute approximate surface area is 112 Å². The lowest BCUT2D eigenvalue weighted by Gasteiger charge is -2.29. The maximum absolute atomic E-state index is 12.6. The van der Waals surface area contributed by atoms with Gasteiger partial charge in [-0.1, -0.05) is 0 Å². The van der Waals surface area contributed by atoms with Crippen molar-refractivity contribution in [3.63, 3.8) is 0 Å². The molecule has 6 heteroatoms. The van der Waals surface area contributed by atoms with Crippen LogP contribution in [0, 0.1) is 0 Å². The number of hydrogen-bond acceptors (Lipinski definition) is 4. The summed E-state index contributed by atoms with van der Waals surface area (Å²) < 4.78 is 5.58. The normalized spacial score (nSPS) is 27.7. The van der Waals surface area contributed by atoms with Crippen molar-refractivity contribution in [2.75, 3.05) is 19.7 Å². The number of fused-ring (bicyclic) bond motifs is 1. The van der Waals surface area contributed by atoms with Crippen LogP contribution in [0.3, 0.4) is 0 Å². The first-order valence-corrected chi connectivity index (χ1v) is 6.89. The number of aromatic nitrogens is 2. The molecule has 3 rings (SSSR count). The Bertz CT molecular complexity index is 459. The number of imidazole rings is 1. The van der Waals surface area contributed by atoms with Crippen LogP contribution in [-0.4, -0.2) is 52.6 Å². The van der Waals surface area contributed by atoms with Crippen molar-refractivity contribution in [2.45, 2.75) is 38.5 Å². The zero-order valence-electron chi connectivity index (χ0n) is 11.2. The third kappa shape index (κ3) is 2.64. The van der Waals surface area contributed by atoms with Crippen LogP contribution in [0.1, 0.15) is 24.7 Å². The van der Waals surface area contributed by atoms with Gasteiger partial charge in [-0.3, -0.25) is 10.1 Å². The lowest BCUT2D eigenvalue weighted by Crippen LogP contribution is -2.50. The minimum atomic E-state index is -0.152. The molecule has 0 aromatic carbocycles. The smallest absolute Gasteiger partial charge is 0.240 e. The second-order valence-electron chi connectivity index (χ2n) is 5.28. The number of nitrogens with one attached hydrogen (secondary N) is 2. The van der Waals surface area contributed by atoms with Gasteiger partial charge in [-0.2, -0.15) is 0 Å². The number of nitrogens with zero attached hydrogens (tertiary/aromatic N) is 2. The van der Waals surface area contributed by atoms with Crippen LogP contribution in [-0.2, 0) is 22.5 Å². The zero-order valence-corrected chi connectivity index (χ0v) is 11.2. The number of ether oxygens (including phenoxy) is 1. The molecule has 0 saturated carbocycles. The number of amides is 1. The Kier molecular flexibility index (Phi) is 3.52.